The monoisotopic (exact) mass is 319 g/mol. The number of carboxylic acids is 1. The minimum atomic E-state index is -0.717. The van der Waals surface area contributed by atoms with E-state index >= 15 is 0 Å². The Labute approximate surface area is 119 Å². The van der Waals surface area contributed by atoms with Crippen LogP contribution in [0.3, 0.4) is 0 Å². The highest BCUT2D eigenvalue weighted by atomic mass is 79.9. The van der Waals surface area contributed by atoms with E-state index in [2.05, 4.69) is 45.5 Å². The number of carbonyl (C=O) groups is 1. The molecule has 1 aliphatic heterocycles. The first-order valence-electron chi connectivity index (χ1n) is 6.28. The molecule has 1 aliphatic rings. The molecule has 2 N–H and O–H groups in total. The molecule has 0 spiro atoms. The summed E-state index contributed by atoms with van der Waals surface area (Å²) in [7, 11) is 0. The lowest BCUT2D eigenvalue weighted by atomic mass is 9.88. The predicted molar refractivity (Wildman–Crippen MR) is 78.4 cm³/mol. The van der Waals surface area contributed by atoms with E-state index in [9.17, 15) is 9.90 Å². The zero-order chi connectivity index (χ0) is 13.4. The SMILES string of the molecule is O=C(O)C1CNCC1c1ccc2cc(Br)ccc2c1. The predicted octanol–water partition coefficient (Wildman–Crippen LogP) is 2.99. The normalized spacial score (nSPS) is 22.8. The van der Waals surface area contributed by atoms with Gasteiger partial charge in [0.05, 0.1) is 5.92 Å². The Morgan fingerprint density at radius 2 is 1.89 bits per heavy atom. The van der Waals surface area contributed by atoms with Gasteiger partial charge in [-0.05, 0) is 28.5 Å². The first-order valence-corrected chi connectivity index (χ1v) is 7.07. The average molecular weight is 320 g/mol. The first kappa shape index (κ1) is 12.6. The van der Waals surface area contributed by atoms with Crippen molar-refractivity contribution in [2.24, 2.45) is 5.92 Å². The zero-order valence-corrected chi connectivity index (χ0v) is 11.9. The maximum absolute atomic E-state index is 11.2. The fourth-order valence-electron chi connectivity index (χ4n) is 2.75. The van der Waals surface area contributed by atoms with E-state index in [1.807, 2.05) is 12.1 Å². The Hall–Kier alpha value is -1.39. The molecule has 0 aromatic heterocycles. The third-order valence-electron chi connectivity index (χ3n) is 3.79. The largest absolute Gasteiger partial charge is 0.481 e. The van der Waals surface area contributed by atoms with E-state index in [0.29, 0.717) is 6.54 Å². The van der Waals surface area contributed by atoms with Crippen LogP contribution in [0.15, 0.2) is 40.9 Å². The van der Waals surface area contributed by atoms with Crippen molar-refractivity contribution in [1.82, 2.24) is 5.32 Å². The van der Waals surface area contributed by atoms with E-state index in [4.69, 9.17) is 0 Å². The second kappa shape index (κ2) is 4.94. The van der Waals surface area contributed by atoms with Gasteiger partial charge in [0.1, 0.15) is 0 Å². The maximum Gasteiger partial charge on any atom is 0.308 e. The highest BCUT2D eigenvalue weighted by molar-refractivity contribution is 9.10. The Morgan fingerprint density at radius 1 is 1.16 bits per heavy atom. The minimum absolute atomic E-state index is 0.0607. The number of carboxylic acid groups (broad SMARTS) is 1. The minimum Gasteiger partial charge on any atom is -0.481 e. The van der Waals surface area contributed by atoms with Gasteiger partial charge in [-0.15, -0.1) is 0 Å². The Balaban J connectivity index is 2.01. The van der Waals surface area contributed by atoms with Crippen LogP contribution in [-0.2, 0) is 4.79 Å². The molecule has 2 aromatic carbocycles. The molecule has 0 aliphatic carbocycles. The molecule has 3 nitrogen and oxygen atoms in total. The summed E-state index contributed by atoms with van der Waals surface area (Å²) in [6.45, 7) is 1.29. The Morgan fingerprint density at radius 3 is 2.68 bits per heavy atom. The molecule has 4 heteroatoms. The van der Waals surface area contributed by atoms with Crippen molar-refractivity contribution in [2.45, 2.75) is 5.92 Å². The number of rotatable bonds is 2. The summed E-state index contributed by atoms with van der Waals surface area (Å²) in [6, 6.07) is 12.3. The van der Waals surface area contributed by atoms with Gasteiger partial charge >= 0.3 is 5.97 Å². The standard InChI is InChI=1S/C15H14BrNO2/c16-12-4-3-9-5-11(2-1-10(9)6-12)13-7-17-8-14(13)15(18)19/h1-6,13-14,17H,7-8H2,(H,18,19). The number of hydrogen-bond acceptors (Lipinski definition) is 2. The molecular weight excluding hydrogens is 306 g/mol. The van der Waals surface area contributed by atoms with Crippen molar-refractivity contribution < 1.29 is 9.90 Å². The van der Waals surface area contributed by atoms with Gasteiger partial charge in [-0.25, -0.2) is 0 Å². The van der Waals surface area contributed by atoms with Crippen LogP contribution in [0.4, 0.5) is 0 Å². The molecule has 0 bridgehead atoms. The summed E-state index contributed by atoms with van der Waals surface area (Å²) in [6.07, 6.45) is 0. The molecule has 0 radical (unpaired) electrons. The first-order chi connectivity index (χ1) is 9.15. The second-order valence-corrected chi connectivity index (χ2v) is 5.88. The van der Waals surface area contributed by atoms with Crippen LogP contribution in [0.5, 0.6) is 0 Å². The van der Waals surface area contributed by atoms with Gasteiger partial charge in [-0.1, -0.05) is 40.2 Å². The van der Waals surface area contributed by atoms with Crippen LogP contribution in [0.1, 0.15) is 11.5 Å². The lowest BCUT2D eigenvalue weighted by molar-refractivity contribution is -0.141. The summed E-state index contributed by atoms with van der Waals surface area (Å²) in [5.41, 5.74) is 1.10. The Bertz CT molecular complexity index is 641. The van der Waals surface area contributed by atoms with Gasteiger partial charge in [0.15, 0.2) is 0 Å². The summed E-state index contributed by atoms with van der Waals surface area (Å²) in [4.78, 5) is 11.2. The molecule has 2 aromatic rings. The van der Waals surface area contributed by atoms with Gasteiger partial charge in [0.2, 0.25) is 0 Å². The van der Waals surface area contributed by atoms with E-state index in [-0.39, 0.29) is 11.8 Å². The van der Waals surface area contributed by atoms with E-state index in [1.54, 1.807) is 0 Å². The molecule has 3 rings (SSSR count). The van der Waals surface area contributed by atoms with Crippen molar-refractivity contribution in [3.05, 3.63) is 46.4 Å². The summed E-state index contributed by atoms with van der Waals surface area (Å²) in [5, 5.41) is 14.7. The number of aliphatic carboxylic acids is 1. The van der Waals surface area contributed by atoms with E-state index in [0.717, 1.165) is 27.4 Å². The van der Waals surface area contributed by atoms with Gasteiger partial charge in [-0.2, -0.15) is 0 Å². The molecule has 2 atom stereocenters. The zero-order valence-electron chi connectivity index (χ0n) is 10.3. The lowest BCUT2D eigenvalue weighted by Crippen LogP contribution is -2.20. The molecule has 0 saturated carbocycles. The van der Waals surface area contributed by atoms with Crippen molar-refractivity contribution in [2.75, 3.05) is 13.1 Å². The van der Waals surface area contributed by atoms with Gasteiger partial charge in [0, 0.05) is 23.5 Å². The third kappa shape index (κ3) is 2.38. The molecular formula is C15H14BrNO2. The quantitative estimate of drug-likeness (QED) is 0.894. The average Bonchev–Trinajstić information content (AvgIpc) is 2.87. The van der Waals surface area contributed by atoms with Crippen LogP contribution in [-0.4, -0.2) is 24.2 Å². The van der Waals surface area contributed by atoms with Crippen LogP contribution >= 0.6 is 15.9 Å². The fourth-order valence-corrected chi connectivity index (χ4v) is 3.13. The molecule has 1 heterocycles. The number of benzene rings is 2. The van der Waals surface area contributed by atoms with Crippen molar-refractivity contribution in [1.29, 1.82) is 0 Å². The second-order valence-electron chi connectivity index (χ2n) is 4.96. The van der Waals surface area contributed by atoms with Gasteiger partial charge in [-0.3, -0.25) is 4.79 Å². The summed E-state index contributed by atoms with van der Waals surface area (Å²) >= 11 is 3.46. The van der Waals surface area contributed by atoms with Crippen molar-refractivity contribution >= 4 is 32.7 Å². The highest BCUT2D eigenvalue weighted by Gasteiger charge is 2.33. The third-order valence-corrected chi connectivity index (χ3v) is 4.28. The molecule has 0 amide bonds. The summed E-state index contributed by atoms with van der Waals surface area (Å²) < 4.78 is 1.05. The van der Waals surface area contributed by atoms with Crippen LogP contribution in [0, 0.1) is 5.92 Å². The number of nitrogens with one attached hydrogen (secondary N) is 1. The highest BCUT2D eigenvalue weighted by Crippen LogP contribution is 2.31. The molecule has 1 saturated heterocycles. The topological polar surface area (TPSA) is 49.3 Å². The summed E-state index contributed by atoms with van der Waals surface area (Å²) in [5.74, 6) is -0.982. The van der Waals surface area contributed by atoms with E-state index < -0.39 is 5.97 Å². The van der Waals surface area contributed by atoms with Crippen LogP contribution in [0.2, 0.25) is 0 Å². The molecule has 1 fully saturated rings. The van der Waals surface area contributed by atoms with Crippen LogP contribution < -0.4 is 5.32 Å². The number of hydrogen-bond donors (Lipinski definition) is 2. The Kier molecular flexibility index (Phi) is 3.29. The van der Waals surface area contributed by atoms with Crippen molar-refractivity contribution in [3.63, 3.8) is 0 Å². The molecule has 2 unspecified atom stereocenters. The maximum atomic E-state index is 11.2. The molecule has 98 valence electrons. The molecule has 19 heavy (non-hydrogen) atoms. The number of halogens is 1. The number of fused-ring (bicyclic) bond motifs is 1. The van der Waals surface area contributed by atoms with E-state index in [1.165, 1.54) is 0 Å². The van der Waals surface area contributed by atoms with Gasteiger partial charge < -0.3 is 10.4 Å². The van der Waals surface area contributed by atoms with Crippen molar-refractivity contribution in [3.8, 4) is 0 Å². The van der Waals surface area contributed by atoms with Gasteiger partial charge in [0.25, 0.3) is 0 Å². The fraction of sp³-hybridized carbons (Fsp3) is 0.267. The lowest BCUT2D eigenvalue weighted by Gasteiger charge is -2.15. The smallest absolute Gasteiger partial charge is 0.308 e. The van der Waals surface area contributed by atoms with Crippen LogP contribution in [0.25, 0.3) is 10.8 Å².